The van der Waals surface area contributed by atoms with E-state index in [9.17, 15) is 16.8 Å². The zero-order valence-corrected chi connectivity index (χ0v) is 14.6. The molecule has 0 bridgehead atoms. The zero-order valence-electron chi connectivity index (χ0n) is 10.7. The van der Waals surface area contributed by atoms with Gasteiger partial charge in [-0.05, 0) is 40.5 Å². The highest BCUT2D eigenvalue weighted by molar-refractivity contribution is 9.10. The van der Waals surface area contributed by atoms with Gasteiger partial charge >= 0.3 is 0 Å². The first-order valence-electron chi connectivity index (χ1n) is 5.73. The van der Waals surface area contributed by atoms with Crippen LogP contribution in [0.5, 0.6) is 5.75 Å². The Morgan fingerprint density at radius 1 is 1.25 bits per heavy atom. The molecule has 0 spiro atoms. The van der Waals surface area contributed by atoms with Crippen LogP contribution in [0.15, 0.2) is 27.6 Å². The van der Waals surface area contributed by atoms with Crippen LogP contribution in [-0.4, -0.2) is 34.9 Å². The van der Waals surface area contributed by atoms with Crippen molar-refractivity contribution in [3.05, 3.63) is 22.7 Å². The van der Waals surface area contributed by atoms with E-state index in [4.69, 9.17) is 15.4 Å². The van der Waals surface area contributed by atoms with E-state index in [1.54, 1.807) is 6.92 Å². The number of sulfone groups is 1. The molecule has 5 nitrogen and oxygen atoms in total. The molecular weight excluding hydrogens is 392 g/mol. The molecule has 0 N–H and O–H groups in total. The van der Waals surface area contributed by atoms with Crippen molar-refractivity contribution >= 4 is 45.5 Å². The Morgan fingerprint density at radius 2 is 1.90 bits per heavy atom. The van der Waals surface area contributed by atoms with Gasteiger partial charge in [-0.3, -0.25) is 0 Å². The lowest BCUT2D eigenvalue weighted by Gasteiger charge is -2.09. The van der Waals surface area contributed by atoms with Crippen LogP contribution in [0.3, 0.4) is 0 Å². The van der Waals surface area contributed by atoms with Crippen molar-refractivity contribution in [2.45, 2.75) is 18.2 Å². The second-order valence-electron chi connectivity index (χ2n) is 3.97. The Bertz CT molecular complexity index is 670. The smallest absolute Gasteiger partial charge is 0.261 e. The van der Waals surface area contributed by atoms with Crippen LogP contribution in [0.1, 0.15) is 13.3 Å². The van der Waals surface area contributed by atoms with Gasteiger partial charge in [-0.25, -0.2) is 16.8 Å². The third-order valence-electron chi connectivity index (χ3n) is 2.48. The normalized spacial score (nSPS) is 12.3. The lowest BCUT2D eigenvalue weighted by molar-refractivity contribution is 0.315. The fourth-order valence-electron chi connectivity index (χ4n) is 1.36. The molecule has 0 saturated heterocycles. The van der Waals surface area contributed by atoms with Crippen LogP contribution in [0.4, 0.5) is 0 Å². The molecule has 0 aliphatic heterocycles. The largest absolute Gasteiger partial charge is 0.492 e. The summed E-state index contributed by atoms with van der Waals surface area (Å²) in [5.74, 6) is 0.608. The zero-order chi connectivity index (χ0) is 15.4. The predicted molar refractivity (Wildman–Crippen MR) is 81.6 cm³/mol. The molecule has 20 heavy (non-hydrogen) atoms. The first-order chi connectivity index (χ1) is 9.15. The average Bonchev–Trinajstić information content (AvgIpc) is 2.35. The van der Waals surface area contributed by atoms with Crippen LogP contribution in [0.25, 0.3) is 0 Å². The minimum absolute atomic E-state index is 0.0352. The van der Waals surface area contributed by atoms with Gasteiger partial charge in [0.25, 0.3) is 9.05 Å². The molecule has 0 saturated carbocycles. The summed E-state index contributed by atoms with van der Waals surface area (Å²) in [4.78, 5) is -0.0352. The monoisotopic (exact) mass is 404 g/mol. The quantitative estimate of drug-likeness (QED) is 0.515. The van der Waals surface area contributed by atoms with Gasteiger partial charge in [0.15, 0.2) is 0 Å². The van der Waals surface area contributed by atoms with Crippen LogP contribution < -0.4 is 4.74 Å². The van der Waals surface area contributed by atoms with Crippen LogP contribution in [0, 0.1) is 0 Å². The molecule has 0 heterocycles. The first-order valence-corrected chi connectivity index (χ1v) is 10.7. The van der Waals surface area contributed by atoms with E-state index in [2.05, 4.69) is 15.9 Å². The summed E-state index contributed by atoms with van der Waals surface area (Å²) in [5, 5.41) is 0. The second-order valence-corrected chi connectivity index (χ2v) is 9.86. The van der Waals surface area contributed by atoms with Gasteiger partial charge in [-0.15, -0.1) is 0 Å². The van der Waals surface area contributed by atoms with E-state index in [1.165, 1.54) is 18.2 Å². The molecule has 0 aliphatic carbocycles. The molecule has 1 aromatic rings. The summed E-state index contributed by atoms with van der Waals surface area (Å²) in [6, 6.07) is 4.12. The molecule has 1 rings (SSSR count). The van der Waals surface area contributed by atoms with Gasteiger partial charge in [0.1, 0.15) is 15.6 Å². The van der Waals surface area contributed by atoms with Crippen molar-refractivity contribution in [3.63, 3.8) is 0 Å². The summed E-state index contributed by atoms with van der Waals surface area (Å²) in [6.07, 6.45) is 0.373. The highest BCUT2D eigenvalue weighted by Gasteiger charge is 2.13. The number of hydrogen-bond donors (Lipinski definition) is 0. The Hall–Kier alpha value is -0.310. The van der Waals surface area contributed by atoms with E-state index < -0.39 is 18.9 Å². The summed E-state index contributed by atoms with van der Waals surface area (Å²) in [5.41, 5.74) is 0. The van der Waals surface area contributed by atoms with Crippen molar-refractivity contribution in [1.29, 1.82) is 0 Å². The first kappa shape index (κ1) is 17.7. The maximum atomic E-state index is 11.3. The minimum Gasteiger partial charge on any atom is -0.492 e. The maximum Gasteiger partial charge on any atom is 0.261 e. The van der Waals surface area contributed by atoms with Crippen molar-refractivity contribution in [1.82, 2.24) is 0 Å². The molecule has 0 radical (unpaired) electrons. The highest BCUT2D eigenvalue weighted by Crippen LogP contribution is 2.29. The average molecular weight is 406 g/mol. The van der Waals surface area contributed by atoms with Crippen LogP contribution >= 0.6 is 26.6 Å². The van der Waals surface area contributed by atoms with Crippen molar-refractivity contribution in [3.8, 4) is 5.75 Å². The highest BCUT2D eigenvalue weighted by atomic mass is 79.9. The predicted octanol–water partition coefficient (Wildman–Crippen LogP) is 2.58. The van der Waals surface area contributed by atoms with Crippen molar-refractivity contribution < 1.29 is 21.6 Å². The standard InChI is InChI=1S/C11H14BrClO5S2/c1-2-19(14,15)7-3-6-18-11-5-4-9(8-10(11)12)20(13,16)17/h4-5,8H,2-3,6-7H2,1H3. The Balaban J connectivity index is 2.62. The lowest BCUT2D eigenvalue weighted by atomic mass is 10.3. The van der Waals surface area contributed by atoms with Crippen LogP contribution in [-0.2, 0) is 18.9 Å². The molecule has 114 valence electrons. The topological polar surface area (TPSA) is 77.5 Å². The van der Waals surface area contributed by atoms with Crippen molar-refractivity contribution in [2.24, 2.45) is 0 Å². The summed E-state index contributed by atoms with van der Waals surface area (Å²) < 4.78 is 50.7. The molecule has 1 aromatic carbocycles. The molecule has 0 fully saturated rings. The molecule has 9 heteroatoms. The van der Waals surface area contributed by atoms with Gasteiger partial charge in [0.05, 0.1) is 21.7 Å². The fraction of sp³-hybridized carbons (Fsp3) is 0.455. The SMILES string of the molecule is CCS(=O)(=O)CCCOc1ccc(S(=O)(=O)Cl)cc1Br. The lowest BCUT2D eigenvalue weighted by Crippen LogP contribution is -2.12. The molecule has 0 amide bonds. The molecule has 0 unspecified atom stereocenters. The fourth-order valence-corrected chi connectivity index (χ4v) is 3.62. The number of rotatable bonds is 7. The third-order valence-corrected chi connectivity index (χ3v) is 6.24. The van der Waals surface area contributed by atoms with Gasteiger partial charge < -0.3 is 4.74 Å². The van der Waals surface area contributed by atoms with Crippen molar-refractivity contribution in [2.75, 3.05) is 18.1 Å². The summed E-state index contributed by atoms with van der Waals surface area (Å²) in [6.45, 7) is 1.82. The number of halogens is 2. The third kappa shape index (κ3) is 5.59. The Kier molecular flexibility index (Phi) is 6.30. The van der Waals surface area contributed by atoms with Gasteiger partial charge in [-0.1, -0.05) is 6.92 Å². The number of benzene rings is 1. The molecule has 0 aliphatic rings. The molecule has 0 atom stereocenters. The Labute approximate surface area is 131 Å². The molecule has 0 aromatic heterocycles. The van der Waals surface area contributed by atoms with Gasteiger partial charge in [0, 0.05) is 16.4 Å². The van der Waals surface area contributed by atoms with E-state index in [0.717, 1.165) is 0 Å². The second kappa shape index (κ2) is 7.11. The Morgan fingerprint density at radius 3 is 2.40 bits per heavy atom. The summed E-state index contributed by atoms with van der Waals surface area (Å²) >= 11 is 3.18. The van der Waals surface area contributed by atoms with E-state index in [1.807, 2.05) is 0 Å². The van der Waals surface area contributed by atoms with Gasteiger partial charge in [0.2, 0.25) is 0 Å². The van der Waals surface area contributed by atoms with Gasteiger partial charge in [-0.2, -0.15) is 0 Å². The van der Waals surface area contributed by atoms with Crippen LogP contribution in [0.2, 0.25) is 0 Å². The number of ether oxygens (including phenoxy) is 1. The summed E-state index contributed by atoms with van der Waals surface area (Å²) in [7, 11) is -1.56. The minimum atomic E-state index is -3.78. The van der Waals surface area contributed by atoms with E-state index >= 15 is 0 Å². The maximum absolute atomic E-state index is 11.3. The number of hydrogen-bond acceptors (Lipinski definition) is 5. The van der Waals surface area contributed by atoms with E-state index in [0.29, 0.717) is 16.6 Å². The molecular formula is C11H14BrClO5S2. The van der Waals surface area contributed by atoms with E-state index in [-0.39, 0.29) is 23.0 Å².